The van der Waals surface area contributed by atoms with Gasteiger partial charge in [-0.1, -0.05) is 11.8 Å². The molecule has 0 saturated heterocycles. The van der Waals surface area contributed by atoms with Gasteiger partial charge >= 0.3 is 6.09 Å². The zero-order chi connectivity index (χ0) is 12.3. The number of benzene rings is 1. The summed E-state index contributed by atoms with van der Waals surface area (Å²) in [5.74, 6) is -1.62. The fourth-order valence-electron chi connectivity index (χ4n) is 1.00. The number of anilines is 1. The third kappa shape index (κ3) is 3.76. The Morgan fingerprint density at radius 3 is 2.56 bits per heavy atom. The van der Waals surface area contributed by atoms with Gasteiger partial charge in [0, 0.05) is 5.69 Å². The van der Waals surface area contributed by atoms with E-state index in [1.807, 2.05) is 0 Å². The van der Waals surface area contributed by atoms with E-state index in [4.69, 9.17) is 4.74 Å². The van der Waals surface area contributed by atoms with E-state index in [9.17, 15) is 14.3 Å². The summed E-state index contributed by atoms with van der Waals surface area (Å²) in [6, 6.07) is 3.31. The maximum Gasteiger partial charge on any atom is 0.412 e. The second-order valence-electron chi connectivity index (χ2n) is 4.27. The highest BCUT2D eigenvalue weighted by molar-refractivity contribution is 5.84. The Labute approximate surface area is 93.0 Å². The van der Waals surface area contributed by atoms with Crippen LogP contribution in [0, 0.1) is 5.82 Å². The lowest BCUT2D eigenvalue weighted by atomic mass is 10.2. The molecule has 0 unspecified atom stereocenters. The summed E-state index contributed by atoms with van der Waals surface area (Å²) in [7, 11) is 0. The highest BCUT2D eigenvalue weighted by Gasteiger charge is 2.16. The molecule has 1 amide bonds. The monoisotopic (exact) mass is 226 g/mol. The molecule has 0 fully saturated rings. The molecule has 0 aliphatic rings. The van der Waals surface area contributed by atoms with Crippen LogP contribution < -0.4 is 10.4 Å². The van der Waals surface area contributed by atoms with E-state index in [1.54, 1.807) is 20.8 Å². The Balaban J connectivity index is 2.67. The Morgan fingerprint density at radius 1 is 1.44 bits per heavy atom. The first kappa shape index (κ1) is 12.3. The summed E-state index contributed by atoms with van der Waals surface area (Å²) in [4.78, 5) is 11.3. The maximum atomic E-state index is 12.9. The third-order valence-corrected chi connectivity index (χ3v) is 1.58. The standard InChI is InChI=1S/C11H14FNO3/c1-11(2,3)16-10(15)13-7-4-5-9(14)8(12)6-7/h4-6,14H,1-3H3,(H,13,15)/p-1. The number of carbonyl (C=O) groups excluding carboxylic acids is 1. The SMILES string of the molecule is CC(C)(C)OC(=O)Nc1ccc([O-])c(F)c1. The van der Waals surface area contributed by atoms with Crippen molar-refractivity contribution < 1.29 is 19.0 Å². The molecule has 0 radical (unpaired) electrons. The highest BCUT2D eigenvalue weighted by Crippen LogP contribution is 2.18. The van der Waals surface area contributed by atoms with Crippen LogP contribution in [0.3, 0.4) is 0 Å². The average molecular weight is 226 g/mol. The average Bonchev–Trinajstić information content (AvgIpc) is 2.08. The minimum Gasteiger partial charge on any atom is -0.870 e. The second-order valence-corrected chi connectivity index (χ2v) is 4.27. The van der Waals surface area contributed by atoms with E-state index in [2.05, 4.69) is 5.32 Å². The Kier molecular flexibility index (Phi) is 3.37. The van der Waals surface area contributed by atoms with E-state index in [0.717, 1.165) is 12.1 Å². The number of halogens is 1. The highest BCUT2D eigenvalue weighted by atomic mass is 19.1. The van der Waals surface area contributed by atoms with Gasteiger partial charge in [0.1, 0.15) is 11.4 Å². The van der Waals surface area contributed by atoms with Crippen molar-refractivity contribution in [1.29, 1.82) is 0 Å². The van der Waals surface area contributed by atoms with Gasteiger partial charge < -0.3 is 9.84 Å². The summed E-state index contributed by atoms with van der Waals surface area (Å²) in [6.07, 6.45) is -0.689. The predicted molar refractivity (Wildman–Crippen MR) is 55.7 cm³/mol. The van der Waals surface area contributed by atoms with Crippen LogP contribution in [0.4, 0.5) is 14.9 Å². The predicted octanol–water partition coefficient (Wildman–Crippen LogP) is 2.25. The van der Waals surface area contributed by atoms with Crippen molar-refractivity contribution in [2.75, 3.05) is 5.32 Å². The number of ether oxygens (including phenoxy) is 1. The van der Waals surface area contributed by atoms with Crippen LogP contribution in [0.5, 0.6) is 5.75 Å². The lowest BCUT2D eigenvalue weighted by Crippen LogP contribution is -2.27. The molecule has 5 heteroatoms. The van der Waals surface area contributed by atoms with E-state index in [0.29, 0.717) is 0 Å². The molecule has 88 valence electrons. The van der Waals surface area contributed by atoms with Gasteiger partial charge in [-0.05, 0) is 32.9 Å². The van der Waals surface area contributed by atoms with Crippen LogP contribution in [-0.2, 0) is 4.74 Å². The zero-order valence-electron chi connectivity index (χ0n) is 9.33. The number of rotatable bonds is 1. The maximum absolute atomic E-state index is 12.9. The van der Waals surface area contributed by atoms with Gasteiger partial charge in [-0.25, -0.2) is 9.18 Å². The smallest absolute Gasteiger partial charge is 0.412 e. The molecule has 0 aliphatic carbocycles. The van der Waals surface area contributed by atoms with Crippen LogP contribution in [-0.4, -0.2) is 11.7 Å². The second kappa shape index (κ2) is 4.38. The van der Waals surface area contributed by atoms with E-state index in [-0.39, 0.29) is 5.69 Å². The summed E-state index contributed by atoms with van der Waals surface area (Å²) < 4.78 is 17.8. The van der Waals surface area contributed by atoms with Gasteiger partial charge in [-0.2, -0.15) is 0 Å². The molecule has 4 nitrogen and oxygen atoms in total. The largest absolute Gasteiger partial charge is 0.870 e. The number of carbonyl (C=O) groups is 1. The molecule has 0 aromatic heterocycles. The van der Waals surface area contributed by atoms with E-state index < -0.39 is 23.3 Å². The molecule has 1 aromatic carbocycles. The first-order valence-corrected chi connectivity index (χ1v) is 4.74. The molecule has 1 rings (SSSR count). The number of amides is 1. The fourth-order valence-corrected chi connectivity index (χ4v) is 1.00. The summed E-state index contributed by atoms with van der Waals surface area (Å²) in [5, 5.41) is 13.1. The van der Waals surface area contributed by atoms with Gasteiger partial charge in [0.05, 0.1) is 0 Å². The molecule has 0 atom stereocenters. The summed E-state index contributed by atoms with van der Waals surface area (Å²) in [5.41, 5.74) is -0.437. The number of nitrogens with one attached hydrogen (secondary N) is 1. The van der Waals surface area contributed by atoms with Crippen molar-refractivity contribution in [2.45, 2.75) is 26.4 Å². The first-order chi connectivity index (χ1) is 7.28. The molecule has 1 N–H and O–H groups in total. The van der Waals surface area contributed by atoms with Crippen molar-refractivity contribution in [1.82, 2.24) is 0 Å². The lowest BCUT2D eigenvalue weighted by molar-refractivity contribution is -0.272. The summed E-state index contributed by atoms with van der Waals surface area (Å²) >= 11 is 0. The summed E-state index contributed by atoms with van der Waals surface area (Å²) in [6.45, 7) is 5.15. The molecule has 1 aromatic rings. The number of hydrogen-bond acceptors (Lipinski definition) is 3. The zero-order valence-corrected chi connectivity index (χ0v) is 9.33. The van der Waals surface area contributed by atoms with E-state index in [1.165, 1.54) is 6.07 Å². The quantitative estimate of drug-likeness (QED) is 0.798. The van der Waals surface area contributed by atoms with Crippen molar-refractivity contribution >= 4 is 11.8 Å². The molecule has 0 aliphatic heterocycles. The van der Waals surface area contributed by atoms with Crippen LogP contribution in [0.25, 0.3) is 0 Å². The van der Waals surface area contributed by atoms with Crippen LogP contribution in [0.1, 0.15) is 20.8 Å². The third-order valence-electron chi connectivity index (χ3n) is 1.58. The van der Waals surface area contributed by atoms with Crippen LogP contribution in [0.15, 0.2) is 18.2 Å². The molecule has 16 heavy (non-hydrogen) atoms. The van der Waals surface area contributed by atoms with Crippen LogP contribution >= 0.6 is 0 Å². The fraction of sp³-hybridized carbons (Fsp3) is 0.364. The van der Waals surface area contributed by atoms with Crippen molar-refractivity contribution in [3.63, 3.8) is 0 Å². The number of hydrogen-bond donors (Lipinski definition) is 1. The molecular weight excluding hydrogens is 213 g/mol. The van der Waals surface area contributed by atoms with Crippen LogP contribution in [0.2, 0.25) is 0 Å². The van der Waals surface area contributed by atoms with Crippen molar-refractivity contribution in [3.05, 3.63) is 24.0 Å². The Morgan fingerprint density at radius 2 is 2.06 bits per heavy atom. The first-order valence-electron chi connectivity index (χ1n) is 4.74. The molecule has 0 bridgehead atoms. The molecule has 0 heterocycles. The topological polar surface area (TPSA) is 61.4 Å². The van der Waals surface area contributed by atoms with E-state index >= 15 is 0 Å². The van der Waals surface area contributed by atoms with Gasteiger partial charge in [-0.15, -0.1) is 0 Å². The molecular formula is C11H13FNO3-. The van der Waals surface area contributed by atoms with Gasteiger partial charge in [0.15, 0.2) is 0 Å². The van der Waals surface area contributed by atoms with Gasteiger partial charge in [0.25, 0.3) is 0 Å². The normalized spacial score (nSPS) is 11.0. The Hall–Kier alpha value is -1.78. The molecule has 0 saturated carbocycles. The minimum atomic E-state index is -0.909. The van der Waals surface area contributed by atoms with Gasteiger partial charge in [-0.3, -0.25) is 5.32 Å². The minimum absolute atomic E-state index is 0.186. The molecule has 0 spiro atoms. The van der Waals surface area contributed by atoms with Gasteiger partial charge in [0.2, 0.25) is 0 Å². The van der Waals surface area contributed by atoms with Crippen molar-refractivity contribution in [3.8, 4) is 5.75 Å². The Bertz CT molecular complexity index is 399. The lowest BCUT2D eigenvalue weighted by Gasteiger charge is -2.20. The van der Waals surface area contributed by atoms with Crippen molar-refractivity contribution in [2.24, 2.45) is 0 Å².